The van der Waals surface area contributed by atoms with Gasteiger partial charge in [-0.2, -0.15) is 11.8 Å². The Hall–Kier alpha value is 0.320. The highest BCUT2D eigenvalue weighted by atomic mass is 35.5. The van der Waals surface area contributed by atoms with Gasteiger partial charge in [0.25, 0.3) is 0 Å². The Balaban J connectivity index is 0. The fourth-order valence-electron chi connectivity index (χ4n) is 2.73. The van der Waals surface area contributed by atoms with E-state index in [1.165, 1.54) is 6.42 Å². The first-order valence-corrected chi connectivity index (χ1v) is 9.09. The van der Waals surface area contributed by atoms with Crippen molar-refractivity contribution < 1.29 is 4.79 Å². The van der Waals surface area contributed by atoms with Gasteiger partial charge < -0.3 is 15.1 Å². The summed E-state index contributed by atoms with van der Waals surface area (Å²) in [7, 11) is 1.99. The fraction of sp³-hybridized carbons (Fsp3) is 0.933. The highest BCUT2D eigenvalue weighted by Crippen LogP contribution is 2.17. The maximum Gasteiger partial charge on any atom is 0.232 e. The molecule has 1 N–H and O–H groups in total. The lowest BCUT2D eigenvalue weighted by atomic mass is 9.98. The van der Waals surface area contributed by atoms with Crippen LogP contribution in [0, 0.1) is 5.92 Å². The molecule has 0 bridgehead atoms. The number of nitrogens with one attached hydrogen (secondary N) is 1. The summed E-state index contributed by atoms with van der Waals surface area (Å²) in [6, 6.07) is 0. The predicted molar refractivity (Wildman–Crippen MR) is 103 cm³/mol. The second kappa shape index (κ2) is 14.9. The zero-order chi connectivity index (χ0) is 14.8. The summed E-state index contributed by atoms with van der Waals surface area (Å²) in [6.07, 6.45) is 2.40. The van der Waals surface area contributed by atoms with Crippen LogP contribution in [0.3, 0.4) is 0 Å². The smallest absolute Gasteiger partial charge is 0.232 e. The Labute approximate surface area is 153 Å². The molecule has 1 aliphatic heterocycles. The second-order valence-corrected chi connectivity index (χ2v) is 6.59. The van der Waals surface area contributed by atoms with E-state index in [1.807, 2.05) is 7.05 Å². The number of likely N-dealkylation sites (tertiary alicyclic amines) is 1. The van der Waals surface area contributed by atoms with Gasteiger partial charge in [-0.05, 0) is 45.4 Å². The standard InChI is InChI=1S/C15H31N3OS.2ClH/c1-4-17(5-2)9-10-20-13-15(19)18-8-6-7-14(12-18)11-16-3;;/h14,16H,4-13H2,1-3H3;2*1H. The normalized spacial score (nSPS) is 17.8. The van der Waals surface area contributed by atoms with Gasteiger partial charge in [0.2, 0.25) is 5.91 Å². The van der Waals surface area contributed by atoms with E-state index in [1.54, 1.807) is 11.8 Å². The minimum atomic E-state index is 0. The summed E-state index contributed by atoms with van der Waals surface area (Å²) in [5.41, 5.74) is 0. The lowest BCUT2D eigenvalue weighted by Crippen LogP contribution is -2.43. The predicted octanol–water partition coefficient (Wildman–Crippen LogP) is 2.36. The number of halogens is 2. The highest BCUT2D eigenvalue weighted by Gasteiger charge is 2.22. The van der Waals surface area contributed by atoms with Gasteiger partial charge in [0.05, 0.1) is 5.75 Å². The molecule has 0 aliphatic carbocycles. The molecule has 1 rings (SSSR count). The highest BCUT2D eigenvalue weighted by molar-refractivity contribution is 7.99. The second-order valence-electron chi connectivity index (χ2n) is 5.49. The van der Waals surface area contributed by atoms with Crippen LogP contribution < -0.4 is 5.32 Å². The monoisotopic (exact) mass is 373 g/mol. The Bertz CT molecular complexity index is 280. The molecule has 0 aromatic carbocycles. The Morgan fingerprint density at radius 2 is 2.00 bits per heavy atom. The fourth-order valence-corrected chi connectivity index (χ4v) is 3.62. The van der Waals surface area contributed by atoms with Crippen molar-refractivity contribution in [1.29, 1.82) is 0 Å². The van der Waals surface area contributed by atoms with Crippen LogP contribution in [0.1, 0.15) is 26.7 Å². The summed E-state index contributed by atoms with van der Waals surface area (Å²) >= 11 is 1.78. The average Bonchev–Trinajstić information content (AvgIpc) is 2.48. The Morgan fingerprint density at radius 1 is 1.32 bits per heavy atom. The molecule has 1 aliphatic rings. The molecule has 0 spiro atoms. The first kappa shape index (κ1) is 24.6. The molecular formula is C15H33Cl2N3OS. The number of piperidine rings is 1. The molecule has 0 saturated carbocycles. The molecule has 0 aromatic heterocycles. The summed E-state index contributed by atoms with van der Waals surface area (Å²) in [4.78, 5) is 16.7. The first-order chi connectivity index (χ1) is 9.71. The van der Waals surface area contributed by atoms with E-state index in [2.05, 4.69) is 29.0 Å². The number of thioether (sulfide) groups is 1. The third-order valence-corrected chi connectivity index (χ3v) is 4.96. The van der Waals surface area contributed by atoms with Crippen molar-refractivity contribution in [3.05, 3.63) is 0 Å². The molecule has 7 heteroatoms. The Kier molecular flexibility index (Phi) is 16.6. The molecular weight excluding hydrogens is 341 g/mol. The minimum Gasteiger partial charge on any atom is -0.342 e. The van der Waals surface area contributed by atoms with Crippen LogP contribution in [0.5, 0.6) is 0 Å². The summed E-state index contributed by atoms with van der Waals surface area (Å²) in [5, 5.41) is 3.23. The lowest BCUT2D eigenvalue weighted by molar-refractivity contribution is -0.130. The molecule has 1 saturated heterocycles. The number of carbonyl (C=O) groups is 1. The summed E-state index contributed by atoms with van der Waals surface area (Å²) < 4.78 is 0. The van der Waals surface area contributed by atoms with Crippen LogP contribution in [-0.2, 0) is 4.79 Å². The van der Waals surface area contributed by atoms with Crippen LogP contribution in [0.25, 0.3) is 0 Å². The topological polar surface area (TPSA) is 35.6 Å². The van der Waals surface area contributed by atoms with E-state index < -0.39 is 0 Å². The molecule has 1 heterocycles. The summed E-state index contributed by atoms with van der Waals surface area (Å²) in [6.45, 7) is 10.6. The van der Waals surface area contributed by atoms with E-state index in [9.17, 15) is 4.79 Å². The van der Waals surface area contributed by atoms with E-state index in [0.717, 1.165) is 51.4 Å². The maximum atomic E-state index is 12.2. The third-order valence-electron chi connectivity index (χ3n) is 4.04. The average molecular weight is 374 g/mol. The van der Waals surface area contributed by atoms with E-state index in [0.29, 0.717) is 17.6 Å². The van der Waals surface area contributed by atoms with Crippen molar-refractivity contribution in [3.8, 4) is 0 Å². The molecule has 1 atom stereocenters. The largest absolute Gasteiger partial charge is 0.342 e. The summed E-state index contributed by atoms with van der Waals surface area (Å²) in [5.74, 6) is 2.67. The number of carbonyl (C=O) groups excluding carboxylic acids is 1. The van der Waals surface area contributed by atoms with Gasteiger partial charge in [-0.3, -0.25) is 4.79 Å². The molecule has 1 fully saturated rings. The third kappa shape index (κ3) is 9.46. The van der Waals surface area contributed by atoms with Gasteiger partial charge in [-0.1, -0.05) is 13.8 Å². The van der Waals surface area contributed by atoms with E-state index >= 15 is 0 Å². The van der Waals surface area contributed by atoms with Gasteiger partial charge in [-0.25, -0.2) is 0 Å². The number of hydrogen-bond donors (Lipinski definition) is 1. The molecule has 0 radical (unpaired) electrons. The van der Waals surface area contributed by atoms with Crippen LogP contribution in [0.15, 0.2) is 0 Å². The van der Waals surface area contributed by atoms with Crippen LogP contribution in [-0.4, -0.2) is 73.5 Å². The van der Waals surface area contributed by atoms with Gasteiger partial charge >= 0.3 is 0 Å². The van der Waals surface area contributed by atoms with Crippen molar-refractivity contribution in [3.63, 3.8) is 0 Å². The number of nitrogens with zero attached hydrogens (tertiary/aromatic N) is 2. The molecule has 0 aromatic rings. The molecule has 22 heavy (non-hydrogen) atoms. The first-order valence-electron chi connectivity index (χ1n) is 7.93. The zero-order valence-corrected chi connectivity index (χ0v) is 16.6. The Morgan fingerprint density at radius 3 is 2.59 bits per heavy atom. The number of amides is 1. The van der Waals surface area contributed by atoms with Gasteiger partial charge in [-0.15, -0.1) is 24.8 Å². The quantitative estimate of drug-likeness (QED) is 0.629. The van der Waals surface area contributed by atoms with Crippen molar-refractivity contribution >= 4 is 42.5 Å². The lowest BCUT2D eigenvalue weighted by Gasteiger charge is -2.32. The minimum absolute atomic E-state index is 0. The zero-order valence-electron chi connectivity index (χ0n) is 14.2. The van der Waals surface area contributed by atoms with Crippen molar-refractivity contribution in [2.45, 2.75) is 26.7 Å². The van der Waals surface area contributed by atoms with Crippen LogP contribution in [0.4, 0.5) is 0 Å². The molecule has 1 amide bonds. The molecule has 1 unspecified atom stereocenters. The SMILES string of the molecule is CCN(CC)CCSCC(=O)N1CCCC(CNC)C1.Cl.Cl. The van der Waals surface area contributed by atoms with Crippen molar-refractivity contribution in [2.24, 2.45) is 5.92 Å². The van der Waals surface area contributed by atoms with Gasteiger partial charge in [0, 0.05) is 25.4 Å². The van der Waals surface area contributed by atoms with Crippen LogP contribution in [0.2, 0.25) is 0 Å². The van der Waals surface area contributed by atoms with Crippen molar-refractivity contribution in [2.75, 3.05) is 57.8 Å². The van der Waals surface area contributed by atoms with E-state index in [4.69, 9.17) is 0 Å². The number of hydrogen-bond acceptors (Lipinski definition) is 4. The van der Waals surface area contributed by atoms with Crippen LogP contribution >= 0.6 is 36.6 Å². The maximum absolute atomic E-state index is 12.2. The van der Waals surface area contributed by atoms with Crippen molar-refractivity contribution in [1.82, 2.24) is 15.1 Å². The van der Waals surface area contributed by atoms with E-state index in [-0.39, 0.29) is 24.8 Å². The molecule has 4 nitrogen and oxygen atoms in total. The van der Waals surface area contributed by atoms with Gasteiger partial charge in [0.1, 0.15) is 0 Å². The van der Waals surface area contributed by atoms with Gasteiger partial charge in [0.15, 0.2) is 0 Å². The molecule has 134 valence electrons. The number of rotatable bonds is 9.